The zero-order valence-electron chi connectivity index (χ0n) is 14.2. The summed E-state index contributed by atoms with van der Waals surface area (Å²) < 4.78 is 13.1. The van der Waals surface area contributed by atoms with Crippen LogP contribution in [0.1, 0.15) is 19.5 Å². The average Bonchev–Trinajstić information content (AvgIpc) is 3.06. The van der Waals surface area contributed by atoms with E-state index >= 15 is 0 Å². The number of ether oxygens (including phenoxy) is 2. The number of hydrogen-bond acceptors (Lipinski definition) is 4. The number of amides is 1. The van der Waals surface area contributed by atoms with Crippen LogP contribution >= 0.6 is 11.6 Å². The number of rotatable bonds is 3. The molecule has 3 aromatic rings. The lowest BCUT2D eigenvalue weighted by atomic mass is 10.2. The number of aromatic nitrogens is 2. The predicted molar refractivity (Wildman–Crippen MR) is 99.6 cm³/mol. The summed E-state index contributed by atoms with van der Waals surface area (Å²) in [6.45, 7) is 3.65. The standard InChI is InChI=1S/C19H16ClN3O3/c1-19(2)25-14-8-6-12(11-15(14)26-19)21-17(24)9-7-13-18(20)22-16-5-3-4-10-23(13)16/h3-11H,1-2H3,(H,21,24)/b9-7+. The smallest absolute Gasteiger partial charge is 0.248 e. The van der Waals surface area contributed by atoms with Crippen molar-refractivity contribution < 1.29 is 14.3 Å². The Morgan fingerprint density at radius 1 is 1.23 bits per heavy atom. The van der Waals surface area contributed by atoms with E-state index in [1.54, 1.807) is 24.3 Å². The maximum atomic E-state index is 12.2. The van der Waals surface area contributed by atoms with Crippen molar-refractivity contribution in [3.8, 4) is 11.5 Å². The van der Waals surface area contributed by atoms with Gasteiger partial charge in [-0.1, -0.05) is 17.7 Å². The summed E-state index contributed by atoms with van der Waals surface area (Å²) in [5.74, 6) is 0.262. The first-order valence-electron chi connectivity index (χ1n) is 8.05. The third kappa shape index (κ3) is 3.11. The van der Waals surface area contributed by atoms with Crippen LogP contribution in [0.4, 0.5) is 5.69 Å². The molecule has 0 atom stereocenters. The fourth-order valence-corrected chi connectivity index (χ4v) is 3.01. The number of halogens is 1. The molecule has 1 amide bonds. The highest BCUT2D eigenvalue weighted by atomic mass is 35.5. The third-order valence-corrected chi connectivity index (χ3v) is 4.12. The van der Waals surface area contributed by atoms with E-state index in [1.165, 1.54) is 6.08 Å². The Labute approximate surface area is 155 Å². The minimum absolute atomic E-state index is 0.287. The second-order valence-electron chi connectivity index (χ2n) is 6.30. The van der Waals surface area contributed by atoms with Crippen LogP contribution in [-0.2, 0) is 4.79 Å². The first-order valence-corrected chi connectivity index (χ1v) is 8.43. The number of fused-ring (bicyclic) bond motifs is 2. The van der Waals surface area contributed by atoms with Gasteiger partial charge in [0.2, 0.25) is 11.7 Å². The van der Waals surface area contributed by atoms with Crippen molar-refractivity contribution in [2.45, 2.75) is 19.6 Å². The molecule has 0 radical (unpaired) electrons. The third-order valence-electron chi connectivity index (χ3n) is 3.84. The average molecular weight is 370 g/mol. The number of hydrogen-bond donors (Lipinski definition) is 1. The monoisotopic (exact) mass is 369 g/mol. The van der Waals surface area contributed by atoms with Crippen molar-refractivity contribution in [2.75, 3.05) is 5.32 Å². The minimum Gasteiger partial charge on any atom is -0.449 e. The molecule has 132 valence electrons. The first kappa shape index (κ1) is 16.5. The Kier molecular flexibility index (Phi) is 3.85. The number of imidazole rings is 1. The van der Waals surface area contributed by atoms with Gasteiger partial charge >= 0.3 is 0 Å². The lowest BCUT2D eigenvalue weighted by Crippen LogP contribution is -2.29. The number of nitrogens with one attached hydrogen (secondary N) is 1. The molecule has 0 saturated heterocycles. The number of carbonyl (C=O) groups excluding carboxylic acids is 1. The molecule has 1 N–H and O–H groups in total. The van der Waals surface area contributed by atoms with E-state index in [-0.39, 0.29) is 5.91 Å². The largest absolute Gasteiger partial charge is 0.449 e. The highest BCUT2D eigenvalue weighted by Gasteiger charge is 2.31. The lowest BCUT2D eigenvalue weighted by molar-refractivity contribution is -0.111. The number of anilines is 1. The van der Waals surface area contributed by atoms with E-state index in [9.17, 15) is 4.79 Å². The van der Waals surface area contributed by atoms with Gasteiger partial charge < -0.3 is 14.8 Å². The van der Waals surface area contributed by atoms with Gasteiger partial charge in [0.15, 0.2) is 16.7 Å². The van der Waals surface area contributed by atoms with Crippen LogP contribution in [0, 0.1) is 0 Å². The van der Waals surface area contributed by atoms with Gasteiger partial charge in [0.05, 0.1) is 5.69 Å². The molecule has 1 aliphatic rings. The number of benzene rings is 1. The molecule has 2 aromatic heterocycles. The summed E-state index contributed by atoms with van der Waals surface area (Å²) in [7, 11) is 0. The van der Waals surface area contributed by atoms with Crippen molar-refractivity contribution in [3.05, 3.63) is 59.5 Å². The zero-order valence-corrected chi connectivity index (χ0v) is 14.9. The van der Waals surface area contributed by atoms with Crippen molar-refractivity contribution in [1.29, 1.82) is 0 Å². The quantitative estimate of drug-likeness (QED) is 0.704. The van der Waals surface area contributed by atoms with Crippen molar-refractivity contribution in [1.82, 2.24) is 9.38 Å². The summed E-state index contributed by atoms with van der Waals surface area (Å²) in [5.41, 5.74) is 1.98. The highest BCUT2D eigenvalue weighted by Crippen LogP contribution is 2.40. The lowest BCUT2D eigenvalue weighted by Gasteiger charge is -2.16. The molecule has 1 aromatic carbocycles. The van der Waals surface area contributed by atoms with Gasteiger partial charge in [-0.2, -0.15) is 0 Å². The van der Waals surface area contributed by atoms with Crippen molar-refractivity contribution >= 4 is 34.9 Å². The second kappa shape index (κ2) is 6.07. The summed E-state index contributed by atoms with van der Waals surface area (Å²) >= 11 is 6.16. The van der Waals surface area contributed by atoms with E-state index < -0.39 is 5.79 Å². The number of carbonyl (C=O) groups is 1. The van der Waals surface area contributed by atoms with Gasteiger partial charge in [-0.3, -0.25) is 9.20 Å². The molecular weight excluding hydrogens is 354 g/mol. The molecule has 0 aliphatic carbocycles. The maximum absolute atomic E-state index is 12.2. The molecule has 0 unspecified atom stereocenters. The normalized spacial score (nSPS) is 14.9. The van der Waals surface area contributed by atoms with Crippen molar-refractivity contribution in [3.63, 3.8) is 0 Å². The summed E-state index contributed by atoms with van der Waals surface area (Å²) in [4.78, 5) is 16.5. The van der Waals surface area contributed by atoms with E-state index in [4.69, 9.17) is 21.1 Å². The fourth-order valence-electron chi connectivity index (χ4n) is 2.77. The fraction of sp³-hybridized carbons (Fsp3) is 0.158. The minimum atomic E-state index is -0.704. The van der Waals surface area contributed by atoms with Crippen LogP contribution < -0.4 is 14.8 Å². The van der Waals surface area contributed by atoms with Crippen LogP contribution in [0.5, 0.6) is 11.5 Å². The molecule has 7 heteroatoms. The summed E-state index contributed by atoms with van der Waals surface area (Å²) in [6.07, 6.45) is 4.88. The Morgan fingerprint density at radius 3 is 2.88 bits per heavy atom. The molecule has 3 heterocycles. The van der Waals surface area contributed by atoms with Crippen LogP contribution in [0.25, 0.3) is 11.7 Å². The van der Waals surface area contributed by atoms with Gasteiger partial charge in [0.1, 0.15) is 5.65 Å². The Morgan fingerprint density at radius 2 is 2.04 bits per heavy atom. The molecule has 0 saturated carbocycles. The second-order valence-corrected chi connectivity index (χ2v) is 6.66. The van der Waals surface area contributed by atoms with Gasteiger partial charge in [0.25, 0.3) is 0 Å². The Hall–Kier alpha value is -2.99. The maximum Gasteiger partial charge on any atom is 0.248 e. The van der Waals surface area contributed by atoms with Crippen molar-refractivity contribution in [2.24, 2.45) is 0 Å². The molecular formula is C19H16ClN3O3. The van der Waals surface area contributed by atoms with E-state index in [0.29, 0.717) is 28.0 Å². The molecule has 26 heavy (non-hydrogen) atoms. The van der Waals surface area contributed by atoms with Gasteiger partial charge in [0, 0.05) is 37.9 Å². The molecule has 6 nitrogen and oxygen atoms in total. The summed E-state index contributed by atoms with van der Waals surface area (Å²) in [6, 6.07) is 10.9. The topological polar surface area (TPSA) is 64.9 Å². The van der Waals surface area contributed by atoms with Crippen LogP contribution in [0.3, 0.4) is 0 Å². The van der Waals surface area contributed by atoms with Gasteiger partial charge in [-0.25, -0.2) is 4.98 Å². The van der Waals surface area contributed by atoms with E-state index in [0.717, 1.165) is 5.65 Å². The van der Waals surface area contributed by atoms with Crippen LogP contribution in [0.15, 0.2) is 48.7 Å². The SMILES string of the molecule is CC1(C)Oc2ccc(NC(=O)/C=C/c3c(Cl)nc4ccccn34)cc2O1. The molecule has 0 bridgehead atoms. The van der Waals surface area contributed by atoms with Gasteiger partial charge in [-0.05, 0) is 30.3 Å². The zero-order chi connectivity index (χ0) is 18.3. The molecule has 4 rings (SSSR count). The Balaban J connectivity index is 1.51. The van der Waals surface area contributed by atoms with E-state index in [1.807, 2.05) is 42.6 Å². The van der Waals surface area contributed by atoms with E-state index in [2.05, 4.69) is 10.3 Å². The van der Waals surface area contributed by atoms with Gasteiger partial charge in [-0.15, -0.1) is 0 Å². The molecule has 1 aliphatic heterocycles. The van der Waals surface area contributed by atoms with Crippen LogP contribution in [0.2, 0.25) is 5.15 Å². The van der Waals surface area contributed by atoms with Crippen LogP contribution in [-0.4, -0.2) is 21.1 Å². The predicted octanol–water partition coefficient (Wildman–Crippen LogP) is 4.15. The number of pyridine rings is 1. The molecule has 0 fully saturated rings. The number of nitrogens with zero attached hydrogens (tertiary/aromatic N) is 2. The summed E-state index contributed by atoms with van der Waals surface area (Å²) in [5, 5.41) is 3.13. The Bertz CT molecular complexity index is 1040. The first-order chi connectivity index (χ1) is 12.4. The highest BCUT2D eigenvalue weighted by molar-refractivity contribution is 6.31. The molecule has 0 spiro atoms.